The second-order valence-electron chi connectivity index (χ2n) is 5.15. The van der Waals surface area contributed by atoms with Crippen molar-refractivity contribution < 1.29 is 19.4 Å². The monoisotopic (exact) mass is 373 g/mol. The summed E-state index contributed by atoms with van der Waals surface area (Å²) < 4.78 is 10.7. The zero-order valence-corrected chi connectivity index (χ0v) is 15.2. The first kappa shape index (κ1) is 17.3. The number of carbonyl (C=O) groups is 1. The van der Waals surface area contributed by atoms with Crippen LogP contribution in [0.1, 0.15) is 5.56 Å². The molecule has 1 fully saturated rings. The van der Waals surface area contributed by atoms with Crippen LogP contribution in [0.15, 0.2) is 47.4 Å². The lowest BCUT2D eigenvalue weighted by Gasteiger charge is -2.14. The van der Waals surface area contributed by atoms with Crippen molar-refractivity contribution in [3.63, 3.8) is 0 Å². The van der Waals surface area contributed by atoms with Crippen molar-refractivity contribution in [1.82, 2.24) is 0 Å². The predicted molar refractivity (Wildman–Crippen MR) is 103 cm³/mol. The zero-order chi connectivity index (χ0) is 18.0. The normalized spacial score (nSPS) is 15.8. The highest BCUT2D eigenvalue weighted by Crippen LogP contribution is 2.37. The highest BCUT2D eigenvalue weighted by atomic mass is 32.2. The fraction of sp³-hybridized carbons (Fsp3) is 0.111. The molecule has 1 heterocycles. The molecule has 0 atom stereocenters. The van der Waals surface area contributed by atoms with Gasteiger partial charge in [0.2, 0.25) is 0 Å². The predicted octanol–water partition coefficient (Wildman–Crippen LogP) is 3.82. The van der Waals surface area contributed by atoms with Gasteiger partial charge in [-0.25, -0.2) is 0 Å². The van der Waals surface area contributed by atoms with Gasteiger partial charge in [-0.3, -0.25) is 9.69 Å². The van der Waals surface area contributed by atoms with Crippen LogP contribution in [-0.4, -0.2) is 29.6 Å². The molecular formula is C18H15NO4S2. The first-order valence-corrected chi connectivity index (χ1v) is 8.55. The lowest BCUT2D eigenvalue weighted by Crippen LogP contribution is -2.27. The van der Waals surface area contributed by atoms with Crippen LogP contribution >= 0.6 is 24.0 Å². The summed E-state index contributed by atoms with van der Waals surface area (Å²) in [5.74, 6) is 0.915. The maximum absolute atomic E-state index is 12.7. The number of amides is 1. The maximum Gasteiger partial charge on any atom is 0.270 e. The number of aromatic hydroxyl groups is 1. The number of carbonyl (C=O) groups excluding carboxylic acids is 1. The molecule has 7 heteroatoms. The molecule has 0 aliphatic carbocycles. The standard InChI is InChI=1S/C18H15NO4S2/c1-22-13-6-4-12(5-7-13)19-17(21)16(25-18(19)24)10-11-3-8-14(20)15(9-11)23-2/h3-10,20H,1-2H3/b16-10-. The van der Waals surface area contributed by atoms with Gasteiger partial charge in [-0.15, -0.1) is 0 Å². The highest BCUT2D eigenvalue weighted by Gasteiger charge is 2.33. The third kappa shape index (κ3) is 3.47. The number of thiocarbonyl (C=S) groups is 1. The molecule has 0 spiro atoms. The molecule has 1 aliphatic rings. The van der Waals surface area contributed by atoms with Crippen molar-refractivity contribution >= 4 is 46.0 Å². The molecule has 128 valence electrons. The van der Waals surface area contributed by atoms with E-state index in [9.17, 15) is 9.90 Å². The van der Waals surface area contributed by atoms with Gasteiger partial charge >= 0.3 is 0 Å². The van der Waals surface area contributed by atoms with Crippen LogP contribution in [0.5, 0.6) is 17.2 Å². The van der Waals surface area contributed by atoms with E-state index in [1.807, 2.05) is 0 Å². The number of rotatable bonds is 4. The topological polar surface area (TPSA) is 59.0 Å². The average Bonchev–Trinajstić information content (AvgIpc) is 2.90. The summed E-state index contributed by atoms with van der Waals surface area (Å²) in [6.45, 7) is 0. The fourth-order valence-corrected chi connectivity index (χ4v) is 3.66. The Morgan fingerprint density at radius 2 is 1.84 bits per heavy atom. The summed E-state index contributed by atoms with van der Waals surface area (Å²) >= 11 is 6.59. The third-order valence-corrected chi connectivity index (χ3v) is 4.93. The lowest BCUT2D eigenvalue weighted by molar-refractivity contribution is -0.113. The second kappa shape index (κ2) is 7.16. The van der Waals surface area contributed by atoms with Gasteiger partial charge in [0.15, 0.2) is 15.8 Å². The molecule has 2 aromatic rings. The number of hydrogen-bond donors (Lipinski definition) is 1. The number of ether oxygens (including phenoxy) is 2. The Morgan fingerprint density at radius 1 is 1.12 bits per heavy atom. The fourth-order valence-electron chi connectivity index (χ4n) is 2.36. The number of thioether (sulfide) groups is 1. The van der Waals surface area contributed by atoms with Crippen LogP contribution in [0.25, 0.3) is 6.08 Å². The minimum Gasteiger partial charge on any atom is -0.504 e. The van der Waals surface area contributed by atoms with Gasteiger partial charge in [0.1, 0.15) is 5.75 Å². The largest absolute Gasteiger partial charge is 0.504 e. The molecule has 1 amide bonds. The molecule has 0 unspecified atom stereocenters. The van der Waals surface area contributed by atoms with Gasteiger partial charge < -0.3 is 14.6 Å². The molecule has 0 saturated carbocycles. The molecule has 0 bridgehead atoms. The summed E-state index contributed by atoms with van der Waals surface area (Å²) in [6, 6.07) is 12.0. The van der Waals surface area contributed by atoms with Crippen LogP contribution in [0.3, 0.4) is 0 Å². The van der Waals surface area contributed by atoms with Crippen LogP contribution in [0.2, 0.25) is 0 Å². The molecule has 1 N–H and O–H groups in total. The minimum absolute atomic E-state index is 0.0467. The smallest absolute Gasteiger partial charge is 0.270 e. The molecular weight excluding hydrogens is 358 g/mol. The number of anilines is 1. The van der Waals surface area contributed by atoms with Crippen LogP contribution in [-0.2, 0) is 4.79 Å². The number of phenolic OH excluding ortho intramolecular Hbond substituents is 1. The van der Waals surface area contributed by atoms with Gasteiger partial charge in [-0.2, -0.15) is 0 Å². The number of benzene rings is 2. The van der Waals surface area contributed by atoms with Crippen LogP contribution in [0, 0.1) is 0 Å². The first-order valence-electron chi connectivity index (χ1n) is 7.32. The van der Waals surface area contributed by atoms with E-state index in [2.05, 4.69) is 0 Å². The Labute approximate surface area is 154 Å². The van der Waals surface area contributed by atoms with Gasteiger partial charge in [0, 0.05) is 0 Å². The van der Waals surface area contributed by atoms with Gasteiger partial charge in [0.25, 0.3) is 5.91 Å². The van der Waals surface area contributed by atoms with E-state index >= 15 is 0 Å². The Morgan fingerprint density at radius 3 is 2.48 bits per heavy atom. The molecule has 1 saturated heterocycles. The van der Waals surface area contributed by atoms with Crippen molar-refractivity contribution in [3.05, 3.63) is 52.9 Å². The van der Waals surface area contributed by atoms with Crippen LogP contribution < -0.4 is 14.4 Å². The van der Waals surface area contributed by atoms with E-state index in [1.54, 1.807) is 49.6 Å². The highest BCUT2D eigenvalue weighted by molar-refractivity contribution is 8.27. The molecule has 0 radical (unpaired) electrons. The Hall–Kier alpha value is -2.51. The summed E-state index contributed by atoms with van der Waals surface area (Å²) in [4.78, 5) is 14.7. The quantitative estimate of drug-likeness (QED) is 0.650. The van der Waals surface area contributed by atoms with Crippen molar-refractivity contribution in [2.75, 3.05) is 19.1 Å². The molecule has 2 aromatic carbocycles. The maximum atomic E-state index is 12.7. The molecule has 25 heavy (non-hydrogen) atoms. The number of nitrogens with zero attached hydrogens (tertiary/aromatic N) is 1. The van der Waals surface area contributed by atoms with E-state index in [1.165, 1.54) is 29.8 Å². The minimum atomic E-state index is -0.188. The zero-order valence-electron chi connectivity index (χ0n) is 13.6. The van der Waals surface area contributed by atoms with E-state index in [0.29, 0.717) is 26.4 Å². The summed E-state index contributed by atoms with van der Waals surface area (Å²) in [5.41, 5.74) is 1.43. The molecule has 0 aromatic heterocycles. The molecule has 1 aliphatic heterocycles. The average molecular weight is 373 g/mol. The van der Waals surface area contributed by atoms with Gasteiger partial charge in [-0.1, -0.05) is 30.0 Å². The van der Waals surface area contributed by atoms with Crippen molar-refractivity contribution in [1.29, 1.82) is 0 Å². The third-order valence-electron chi connectivity index (χ3n) is 3.63. The molecule has 5 nitrogen and oxygen atoms in total. The van der Waals surface area contributed by atoms with E-state index < -0.39 is 0 Å². The van der Waals surface area contributed by atoms with Crippen molar-refractivity contribution in [2.24, 2.45) is 0 Å². The summed E-state index contributed by atoms with van der Waals surface area (Å²) in [6.07, 6.45) is 1.73. The molecule has 3 rings (SSSR count). The number of methoxy groups -OCH3 is 2. The van der Waals surface area contributed by atoms with E-state index in [0.717, 1.165) is 5.56 Å². The number of phenols is 1. The first-order chi connectivity index (χ1) is 12.0. The number of hydrogen-bond acceptors (Lipinski definition) is 6. The second-order valence-corrected chi connectivity index (χ2v) is 6.82. The summed E-state index contributed by atoms with van der Waals surface area (Å²) in [7, 11) is 3.06. The van der Waals surface area contributed by atoms with Gasteiger partial charge in [-0.05, 0) is 48.0 Å². The lowest BCUT2D eigenvalue weighted by atomic mass is 10.2. The van der Waals surface area contributed by atoms with Gasteiger partial charge in [0.05, 0.1) is 24.8 Å². The Balaban J connectivity index is 1.90. The van der Waals surface area contributed by atoms with Crippen molar-refractivity contribution in [2.45, 2.75) is 0 Å². The van der Waals surface area contributed by atoms with E-state index in [-0.39, 0.29) is 11.7 Å². The SMILES string of the molecule is COc1ccc(N2C(=O)/C(=C/c3ccc(O)c(OC)c3)SC2=S)cc1. The van der Waals surface area contributed by atoms with Crippen molar-refractivity contribution in [3.8, 4) is 17.2 Å². The Bertz CT molecular complexity index is 862. The summed E-state index contributed by atoms with van der Waals surface area (Å²) in [5, 5.41) is 9.67. The van der Waals surface area contributed by atoms with Crippen LogP contribution in [0.4, 0.5) is 5.69 Å². The van der Waals surface area contributed by atoms with E-state index in [4.69, 9.17) is 21.7 Å². The Kier molecular flexibility index (Phi) is 4.96.